The van der Waals surface area contributed by atoms with Gasteiger partial charge in [0.15, 0.2) is 5.82 Å². The van der Waals surface area contributed by atoms with Crippen LogP contribution in [0.25, 0.3) is 0 Å². The summed E-state index contributed by atoms with van der Waals surface area (Å²) in [5.74, 6) is 0.846. The van der Waals surface area contributed by atoms with E-state index >= 15 is 0 Å². The molecule has 0 radical (unpaired) electrons. The summed E-state index contributed by atoms with van der Waals surface area (Å²) in [6, 6.07) is 9.54. The Bertz CT molecular complexity index is 656. The molecule has 0 saturated carbocycles. The molecule has 2 aromatic rings. The summed E-state index contributed by atoms with van der Waals surface area (Å²) in [7, 11) is 0. The van der Waals surface area contributed by atoms with Crippen LogP contribution in [-0.4, -0.2) is 40.9 Å². The van der Waals surface area contributed by atoms with Gasteiger partial charge in [0.05, 0.1) is 25.4 Å². The van der Waals surface area contributed by atoms with Crippen LogP contribution in [0, 0.1) is 0 Å². The zero-order valence-corrected chi connectivity index (χ0v) is 13.4. The minimum absolute atomic E-state index is 0.0363. The summed E-state index contributed by atoms with van der Waals surface area (Å²) in [5.41, 5.74) is 6.66. The fourth-order valence-corrected chi connectivity index (χ4v) is 2.98. The van der Waals surface area contributed by atoms with E-state index in [1.165, 1.54) is 6.33 Å². The predicted molar refractivity (Wildman–Crippen MR) is 89.4 cm³/mol. The number of nitrogens with two attached hydrogens (primary N) is 1. The molecule has 2 atom stereocenters. The van der Waals surface area contributed by atoms with E-state index < -0.39 is 6.10 Å². The van der Waals surface area contributed by atoms with Gasteiger partial charge in [0, 0.05) is 13.0 Å². The second kappa shape index (κ2) is 7.12. The van der Waals surface area contributed by atoms with Crippen LogP contribution in [-0.2, 0) is 4.74 Å². The number of rotatable bonds is 4. The van der Waals surface area contributed by atoms with Gasteiger partial charge in [0.25, 0.3) is 0 Å². The van der Waals surface area contributed by atoms with E-state index in [0.29, 0.717) is 37.0 Å². The molecule has 0 aliphatic carbocycles. The van der Waals surface area contributed by atoms with Crippen molar-refractivity contribution < 1.29 is 9.84 Å². The van der Waals surface area contributed by atoms with Crippen molar-refractivity contribution in [3.05, 3.63) is 47.2 Å². The summed E-state index contributed by atoms with van der Waals surface area (Å²) in [6.07, 6.45) is 1.34. The lowest BCUT2D eigenvalue weighted by Crippen LogP contribution is -2.47. The van der Waals surface area contributed by atoms with Crippen LogP contribution in [0.4, 0.5) is 11.6 Å². The van der Waals surface area contributed by atoms with Gasteiger partial charge in [-0.15, -0.1) is 0 Å². The number of halogens is 1. The molecule has 6 nitrogen and oxygen atoms in total. The fourth-order valence-electron chi connectivity index (χ4n) is 2.77. The first-order chi connectivity index (χ1) is 11.2. The Kier molecular flexibility index (Phi) is 4.95. The van der Waals surface area contributed by atoms with Crippen molar-refractivity contribution in [2.75, 3.05) is 30.4 Å². The fraction of sp³-hybridized carbons (Fsp3) is 0.375. The highest BCUT2D eigenvalue weighted by Gasteiger charge is 2.29. The van der Waals surface area contributed by atoms with Gasteiger partial charge in [0.2, 0.25) is 0 Å². The molecule has 1 saturated heterocycles. The Labute approximate surface area is 139 Å². The molecule has 2 heterocycles. The summed E-state index contributed by atoms with van der Waals surface area (Å²) < 4.78 is 5.57. The first-order valence-electron chi connectivity index (χ1n) is 7.50. The molecule has 1 aliphatic rings. The molecule has 0 unspecified atom stereocenters. The maximum atomic E-state index is 10.5. The highest BCUT2D eigenvalue weighted by atomic mass is 35.5. The van der Waals surface area contributed by atoms with Crippen LogP contribution in [0.15, 0.2) is 36.7 Å². The number of hydrogen-bond donors (Lipinski definition) is 2. The molecule has 3 rings (SSSR count). The van der Waals surface area contributed by atoms with Crippen molar-refractivity contribution in [1.29, 1.82) is 0 Å². The van der Waals surface area contributed by atoms with Crippen molar-refractivity contribution in [2.45, 2.75) is 18.6 Å². The van der Waals surface area contributed by atoms with Crippen LogP contribution < -0.4 is 10.6 Å². The zero-order chi connectivity index (χ0) is 16.2. The third-order valence-corrected chi connectivity index (χ3v) is 4.34. The second-order valence-electron chi connectivity index (χ2n) is 5.48. The van der Waals surface area contributed by atoms with Crippen molar-refractivity contribution in [2.24, 2.45) is 0 Å². The number of morpholine rings is 1. The summed E-state index contributed by atoms with van der Waals surface area (Å²) in [4.78, 5) is 10.2. The summed E-state index contributed by atoms with van der Waals surface area (Å²) in [6.45, 7) is 1.73. The molecule has 1 aromatic heterocycles. The molecule has 7 heteroatoms. The average molecular weight is 335 g/mol. The van der Waals surface area contributed by atoms with Gasteiger partial charge in [-0.25, -0.2) is 9.97 Å². The number of benzene rings is 1. The van der Waals surface area contributed by atoms with Crippen molar-refractivity contribution in [3.63, 3.8) is 0 Å². The molecule has 3 N–H and O–H groups in total. The highest BCUT2D eigenvalue weighted by molar-refractivity contribution is 6.35. The monoisotopic (exact) mass is 334 g/mol. The van der Waals surface area contributed by atoms with Crippen molar-refractivity contribution in [3.8, 4) is 0 Å². The Morgan fingerprint density at radius 3 is 2.91 bits per heavy atom. The molecule has 1 aliphatic heterocycles. The SMILES string of the molecule is Nc1ncnc(N2CCOC[C@@H]2C[C@H](O)c2ccccc2)c1Cl. The van der Waals surface area contributed by atoms with Gasteiger partial charge < -0.3 is 20.5 Å². The van der Waals surface area contributed by atoms with E-state index in [2.05, 4.69) is 9.97 Å². The summed E-state index contributed by atoms with van der Waals surface area (Å²) in [5, 5.41) is 10.8. The number of aliphatic hydroxyl groups is 1. The van der Waals surface area contributed by atoms with E-state index in [0.717, 1.165) is 5.56 Å². The van der Waals surface area contributed by atoms with Crippen molar-refractivity contribution >= 4 is 23.2 Å². The topological polar surface area (TPSA) is 84.5 Å². The Balaban J connectivity index is 1.80. The van der Waals surface area contributed by atoms with E-state index in [-0.39, 0.29) is 11.9 Å². The number of hydrogen-bond acceptors (Lipinski definition) is 6. The molecule has 0 amide bonds. The first kappa shape index (κ1) is 16.0. The van der Waals surface area contributed by atoms with Gasteiger partial charge in [-0.3, -0.25) is 0 Å². The predicted octanol–water partition coefficient (Wildman–Crippen LogP) is 2.04. The largest absolute Gasteiger partial charge is 0.388 e. The number of nitrogens with zero attached hydrogens (tertiary/aromatic N) is 3. The molecule has 1 fully saturated rings. The Hall–Kier alpha value is -1.89. The van der Waals surface area contributed by atoms with Crippen molar-refractivity contribution in [1.82, 2.24) is 9.97 Å². The molecular weight excluding hydrogens is 316 g/mol. The zero-order valence-electron chi connectivity index (χ0n) is 12.6. The molecular formula is C16H19ClN4O2. The lowest BCUT2D eigenvalue weighted by atomic mass is 10.0. The van der Waals surface area contributed by atoms with E-state index in [1.807, 2.05) is 35.2 Å². The maximum absolute atomic E-state index is 10.5. The third kappa shape index (κ3) is 3.55. The van der Waals surface area contributed by atoms with Crippen LogP contribution in [0.3, 0.4) is 0 Å². The van der Waals surface area contributed by atoms with Crippen LogP contribution in [0.1, 0.15) is 18.1 Å². The van der Waals surface area contributed by atoms with Gasteiger partial charge >= 0.3 is 0 Å². The maximum Gasteiger partial charge on any atom is 0.153 e. The number of aliphatic hydroxyl groups excluding tert-OH is 1. The number of aromatic nitrogens is 2. The molecule has 23 heavy (non-hydrogen) atoms. The molecule has 0 spiro atoms. The third-order valence-electron chi connectivity index (χ3n) is 3.98. The standard InChI is InChI=1S/C16H19ClN4O2/c17-14-15(18)19-10-20-16(14)21-6-7-23-9-12(21)8-13(22)11-4-2-1-3-5-11/h1-5,10,12-13,22H,6-9H2,(H2,18,19,20)/t12-,13-/m0/s1. The molecule has 122 valence electrons. The molecule has 0 bridgehead atoms. The second-order valence-corrected chi connectivity index (χ2v) is 5.86. The Morgan fingerprint density at radius 2 is 2.13 bits per heavy atom. The van der Waals surface area contributed by atoms with E-state index in [1.54, 1.807) is 0 Å². The summed E-state index contributed by atoms with van der Waals surface area (Å²) >= 11 is 6.25. The number of ether oxygens (including phenoxy) is 1. The van der Waals surface area contributed by atoms with E-state index in [9.17, 15) is 5.11 Å². The quantitative estimate of drug-likeness (QED) is 0.890. The minimum Gasteiger partial charge on any atom is -0.388 e. The highest BCUT2D eigenvalue weighted by Crippen LogP contribution is 2.32. The minimum atomic E-state index is -0.580. The van der Waals surface area contributed by atoms with Crippen LogP contribution in [0.2, 0.25) is 5.02 Å². The lowest BCUT2D eigenvalue weighted by molar-refractivity contribution is 0.0676. The lowest BCUT2D eigenvalue weighted by Gasteiger charge is -2.37. The Morgan fingerprint density at radius 1 is 1.35 bits per heavy atom. The van der Waals surface area contributed by atoms with E-state index in [4.69, 9.17) is 22.1 Å². The first-order valence-corrected chi connectivity index (χ1v) is 7.88. The number of anilines is 2. The normalized spacial score (nSPS) is 19.6. The average Bonchev–Trinajstić information content (AvgIpc) is 2.59. The van der Waals surface area contributed by atoms with Gasteiger partial charge in [-0.05, 0) is 5.56 Å². The van der Waals surface area contributed by atoms with Gasteiger partial charge in [-0.2, -0.15) is 0 Å². The van der Waals surface area contributed by atoms with Crippen LogP contribution >= 0.6 is 11.6 Å². The van der Waals surface area contributed by atoms with Gasteiger partial charge in [-0.1, -0.05) is 41.9 Å². The smallest absolute Gasteiger partial charge is 0.153 e. The van der Waals surface area contributed by atoms with Gasteiger partial charge in [0.1, 0.15) is 17.2 Å². The molecule has 1 aromatic carbocycles. The number of nitrogen functional groups attached to an aromatic ring is 1. The van der Waals surface area contributed by atoms with Crippen LogP contribution in [0.5, 0.6) is 0 Å².